The molecule has 9 aromatic rings. The lowest BCUT2D eigenvalue weighted by molar-refractivity contribution is 0.247. The molecule has 18 nitrogen and oxygen atoms in total. The van der Waals surface area contributed by atoms with Gasteiger partial charge in [0, 0.05) is 53.9 Å². The van der Waals surface area contributed by atoms with Crippen LogP contribution in [0.15, 0.2) is 88.2 Å². The third-order valence-electron chi connectivity index (χ3n) is 11.0. The van der Waals surface area contributed by atoms with E-state index in [9.17, 15) is 14.7 Å². The van der Waals surface area contributed by atoms with Crippen LogP contribution in [0.5, 0.6) is 0 Å². The van der Waals surface area contributed by atoms with Gasteiger partial charge in [0.1, 0.15) is 0 Å². The minimum absolute atomic E-state index is 0.110. The molecule has 0 spiro atoms. The van der Waals surface area contributed by atoms with Crippen molar-refractivity contribution in [2.45, 2.75) is 70.8 Å². The first-order chi connectivity index (χ1) is 31.4. The number of H-pyrrole nitrogens is 1. The first kappa shape index (κ1) is 43.1. The van der Waals surface area contributed by atoms with Gasteiger partial charge in [-0.25, -0.2) is 19.6 Å². The minimum atomic E-state index is -0.458. The van der Waals surface area contributed by atoms with E-state index in [1.807, 2.05) is 76.2 Å². The number of aromatic nitrogens is 9. The van der Waals surface area contributed by atoms with E-state index in [1.165, 1.54) is 22.7 Å². The fourth-order valence-electron chi connectivity index (χ4n) is 7.08. The number of amides is 4. The lowest BCUT2D eigenvalue weighted by Crippen LogP contribution is -2.30. The lowest BCUT2D eigenvalue weighted by Gasteiger charge is -2.26. The summed E-state index contributed by atoms with van der Waals surface area (Å²) in [4.78, 5) is 48.2. The molecule has 0 aliphatic heterocycles. The number of nitrogens with one attached hydrogen (secondary N) is 5. The second kappa shape index (κ2) is 18.1. The van der Waals surface area contributed by atoms with Crippen molar-refractivity contribution in [3.05, 3.63) is 108 Å². The van der Waals surface area contributed by atoms with Crippen LogP contribution in [-0.4, -0.2) is 75.7 Å². The topological polar surface area (TPSA) is 248 Å². The van der Waals surface area contributed by atoms with Crippen LogP contribution >= 0.6 is 22.7 Å². The first-order valence-corrected chi connectivity index (χ1v) is 22.6. The Morgan fingerprint density at radius 1 is 0.662 bits per heavy atom. The largest absolute Gasteiger partial charge is 0.390 e. The Morgan fingerprint density at radius 2 is 1.18 bits per heavy atom. The molecule has 0 saturated heterocycles. The number of carbonyl (C=O) groups excluding carboxylic acids is 2. The average Bonchev–Trinajstić information content (AvgIpc) is 4.16. The highest BCUT2D eigenvalue weighted by molar-refractivity contribution is 7.22. The number of pyridine rings is 1. The van der Waals surface area contributed by atoms with Crippen molar-refractivity contribution in [3.8, 4) is 22.3 Å². The SMILES string of the molecule is CC(C)(CCC(C)(C)c1nc(CCNC(=O)Nc2nc3ccc(-c4ccc5[nH]ncc5c4)cc3s2)no1)c1nc(CCNC(=O)Nc2nc3ccc(-c4ccc(CO)nc4)cc3s2)no1. The van der Waals surface area contributed by atoms with Crippen molar-refractivity contribution >= 4 is 76.3 Å². The number of hydrogen-bond donors (Lipinski definition) is 6. The van der Waals surface area contributed by atoms with Crippen LogP contribution in [-0.2, 0) is 30.3 Å². The molecule has 6 aromatic heterocycles. The van der Waals surface area contributed by atoms with E-state index in [4.69, 9.17) is 9.05 Å². The molecule has 3 aromatic carbocycles. The molecule has 0 bridgehead atoms. The van der Waals surface area contributed by atoms with E-state index in [0.29, 0.717) is 78.2 Å². The summed E-state index contributed by atoms with van der Waals surface area (Å²) in [5.41, 5.74) is 6.26. The summed E-state index contributed by atoms with van der Waals surface area (Å²) in [5, 5.41) is 38.1. The van der Waals surface area contributed by atoms with Gasteiger partial charge in [-0.15, -0.1) is 0 Å². The molecule has 0 saturated carbocycles. The Balaban J connectivity index is 0.703. The number of aromatic amines is 1. The van der Waals surface area contributed by atoms with Gasteiger partial charge in [-0.2, -0.15) is 15.1 Å². The molecule has 0 aliphatic carbocycles. The molecule has 6 N–H and O–H groups in total. The third-order valence-corrected chi connectivity index (χ3v) is 12.9. The quantitative estimate of drug-likeness (QED) is 0.0533. The van der Waals surface area contributed by atoms with E-state index in [1.54, 1.807) is 18.5 Å². The number of rotatable bonds is 16. The van der Waals surface area contributed by atoms with Crippen LogP contribution in [0.4, 0.5) is 19.9 Å². The monoisotopic (exact) mass is 911 g/mol. The molecular formula is C45H45N13O5S2. The number of aliphatic hydroxyl groups excluding tert-OH is 1. The van der Waals surface area contributed by atoms with Crippen LogP contribution in [0.1, 0.15) is 69.7 Å². The second-order valence-corrected chi connectivity index (χ2v) is 18.9. The molecule has 0 aliphatic rings. The Hall–Kier alpha value is -7.16. The lowest BCUT2D eigenvalue weighted by atomic mass is 9.79. The van der Waals surface area contributed by atoms with Crippen molar-refractivity contribution in [1.29, 1.82) is 0 Å². The van der Waals surface area contributed by atoms with Gasteiger partial charge in [-0.3, -0.25) is 20.7 Å². The number of thiazole rings is 2. The summed E-state index contributed by atoms with van der Waals surface area (Å²) in [6, 6.07) is 21.0. The number of anilines is 2. The molecule has 0 atom stereocenters. The summed E-state index contributed by atoms with van der Waals surface area (Å²) in [7, 11) is 0. The zero-order chi connectivity index (χ0) is 45.1. The predicted molar refractivity (Wildman–Crippen MR) is 249 cm³/mol. The minimum Gasteiger partial charge on any atom is -0.390 e. The Bertz CT molecular complexity index is 3130. The predicted octanol–water partition coefficient (Wildman–Crippen LogP) is 8.53. The molecule has 4 amide bonds. The van der Waals surface area contributed by atoms with E-state index in [2.05, 4.69) is 78.8 Å². The molecule has 9 rings (SSSR count). The highest BCUT2D eigenvalue weighted by Gasteiger charge is 2.34. The summed E-state index contributed by atoms with van der Waals surface area (Å²) >= 11 is 2.78. The van der Waals surface area contributed by atoms with Crippen molar-refractivity contribution < 1.29 is 23.7 Å². The third kappa shape index (κ3) is 9.99. The van der Waals surface area contributed by atoms with Gasteiger partial charge in [0.2, 0.25) is 11.8 Å². The van der Waals surface area contributed by atoms with Crippen LogP contribution in [0.3, 0.4) is 0 Å². The van der Waals surface area contributed by atoms with Crippen LogP contribution in [0.25, 0.3) is 53.6 Å². The Morgan fingerprint density at radius 3 is 1.72 bits per heavy atom. The van der Waals surface area contributed by atoms with Crippen molar-refractivity contribution in [2.75, 3.05) is 23.7 Å². The molecule has 0 fully saturated rings. The fourth-order valence-corrected chi connectivity index (χ4v) is 8.88. The molecule has 6 heterocycles. The summed E-state index contributed by atoms with van der Waals surface area (Å²) in [6.07, 6.45) is 5.66. The zero-order valence-electron chi connectivity index (χ0n) is 35.9. The van der Waals surface area contributed by atoms with Gasteiger partial charge in [0.05, 0.1) is 44.4 Å². The molecule has 20 heteroatoms. The number of benzene rings is 3. The van der Waals surface area contributed by atoms with Gasteiger partial charge >= 0.3 is 12.1 Å². The molecule has 0 radical (unpaired) electrons. The summed E-state index contributed by atoms with van der Waals surface area (Å²) in [5.74, 6) is 1.98. The number of fused-ring (bicyclic) bond motifs is 3. The number of nitrogens with zero attached hydrogens (tertiary/aromatic N) is 8. The van der Waals surface area contributed by atoms with Gasteiger partial charge in [-0.1, -0.05) is 84.9 Å². The Kier molecular flexibility index (Phi) is 12.0. The number of urea groups is 2. The normalized spacial score (nSPS) is 12.0. The van der Waals surface area contributed by atoms with Crippen molar-refractivity contribution in [2.24, 2.45) is 0 Å². The Labute approximate surface area is 379 Å². The van der Waals surface area contributed by atoms with Gasteiger partial charge in [0.15, 0.2) is 21.9 Å². The maximum absolute atomic E-state index is 12.8. The van der Waals surface area contributed by atoms with E-state index >= 15 is 0 Å². The van der Waals surface area contributed by atoms with E-state index < -0.39 is 10.8 Å². The van der Waals surface area contributed by atoms with Crippen molar-refractivity contribution in [3.63, 3.8) is 0 Å². The molecule has 332 valence electrons. The highest BCUT2D eigenvalue weighted by Crippen LogP contribution is 2.36. The fraction of sp³-hybridized carbons (Fsp3) is 0.289. The zero-order valence-corrected chi connectivity index (χ0v) is 37.6. The average molecular weight is 912 g/mol. The number of aliphatic hydroxyl groups is 1. The first-order valence-electron chi connectivity index (χ1n) is 20.9. The van der Waals surface area contributed by atoms with Gasteiger partial charge in [0.25, 0.3) is 0 Å². The molecular weight excluding hydrogens is 867 g/mol. The number of carbonyl (C=O) groups is 2. The van der Waals surface area contributed by atoms with E-state index in [-0.39, 0.29) is 18.7 Å². The van der Waals surface area contributed by atoms with Gasteiger partial charge < -0.3 is 24.8 Å². The smallest absolute Gasteiger partial charge is 0.321 e. The van der Waals surface area contributed by atoms with Crippen LogP contribution < -0.4 is 21.3 Å². The molecule has 0 unspecified atom stereocenters. The maximum atomic E-state index is 12.8. The van der Waals surface area contributed by atoms with Crippen molar-refractivity contribution in [1.82, 2.24) is 56.1 Å². The van der Waals surface area contributed by atoms with Gasteiger partial charge in [-0.05, 0) is 72.0 Å². The van der Waals surface area contributed by atoms with Crippen LogP contribution in [0, 0.1) is 0 Å². The maximum Gasteiger partial charge on any atom is 0.321 e. The second-order valence-electron chi connectivity index (χ2n) is 16.8. The number of hydrogen-bond acceptors (Lipinski definition) is 15. The standard InChI is InChI=1S/C45H45N13O5S2/c1-44(2,38-52-36(57-62-38)13-17-46-40(60)54-42-50-32-11-7-26(20-34(32)64-42)25-6-10-31-29(19-25)23-49-56-31)15-16-45(3,4)39-53-37(58-63-39)14-18-47-41(61)55-43-51-33-12-8-27(21-35(33)65-43)28-5-9-30(24-59)48-22-28/h5-12,19-23,59H,13-18,24H2,1-4H3,(H,49,56)(H2,46,50,54,60)(H2,47,51,55,61). The summed E-state index contributed by atoms with van der Waals surface area (Å²) < 4.78 is 13.3. The van der Waals surface area contributed by atoms with Crippen LogP contribution in [0.2, 0.25) is 0 Å². The highest BCUT2D eigenvalue weighted by atomic mass is 32.1. The van der Waals surface area contributed by atoms with E-state index in [0.717, 1.165) is 53.6 Å². The molecule has 65 heavy (non-hydrogen) atoms. The summed E-state index contributed by atoms with van der Waals surface area (Å²) in [6.45, 7) is 8.66.